The minimum Gasteiger partial charge on any atom is -0.488 e. The molecule has 2 aromatic carbocycles. The first kappa shape index (κ1) is 20.6. The molecule has 0 aliphatic heterocycles. The third-order valence-electron chi connectivity index (χ3n) is 4.56. The summed E-state index contributed by atoms with van der Waals surface area (Å²) in [7, 11) is 0. The van der Waals surface area contributed by atoms with Crippen LogP contribution in [-0.2, 0) is 17.8 Å². The van der Waals surface area contributed by atoms with Gasteiger partial charge in [0, 0.05) is 6.07 Å². The van der Waals surface area contributed by atoms with Crippen molar-refractivity contribution >= 4 is 5.97 Å². The Morgan fingerprint density at radius 1 is 1.14 bits per heavy atom. The van der Waals surface area contributed by atoms with Gasteiger partial charge in [-0.15, -0.1) is 0 Å². The molecule has 0 aliphatic rings. The Morgan fingerprint density at radius 2 is 1.90 bits per heavy atom. The zero-order valence-electron chi connectivity index (χ0n) is 17.4. The van der Waals surface area contributed by atoms with E-state index >= 15 is 0 Å². The molecule has 5 nitrogen and oxygen atoms in total. The Morgan fingerprint density at radius 3 is 2.59 bits per heavy atom. The van der Waals surface area contributed by atoms with Crippen LogP contribution in [0, 0.1) is 12.8 Å². The second-order valence-corrected chi connectivity index (χ2v) is 7.44. The van der Waals surface area contributed by atoms with Crippen molar-refractivity contribution in [3.8, 4) is 17.1 Å². The highest BCUT2D eigenvalue weighted by Crippen LogP contribution is 2.35. The van der Waals surface area contributed by atoms with E-state index in [1.54, 1.807) is 13.0 Å². The van der Waals surface area contributed by atoms with Crippen molar-refractivity contribution in [2.45, 2.75) is 40.7 Å². The van der Waals surface area contributed by atoms with Gasteiger partial charge in [0.05, 0.1) is 12.2 Å². The number of aryl methyl sites for hydroxylation is 1. The number of hydrogen-bond donors (Lipinski definition) is 0. The first-order valence-electron chi connectivity index (χ1n) is 9.92. The number of benzene rings is 2. The minimum atomic E-state index is -0.497. The van der Waals surface area contributed by atoms with Crippen LogP contribution in [0.1, 0.15) is 48.0 Å². The molecule has 29 heavy (non-hydrogen) atoms. The van der Waals surface area contributed by atoms with Gasteiger partial charge in [-0.1, -0.05) is 49.3 Å². The molecule has 5 heteroatoms. The van der Waals surface area contributed by atoms with E-state index in [4.69, 9.17) is 14.0 Å². The van der Waals surface area contributed by atoms with Gasteiger partial charge in [0.1, 0.15) is 12.4 Å². The molecular weight excluding hydrogens is 366 g/mol. The lowest BCUT2D eigenvalue weighted by atomic mass is 9.95. The van der Waals surface area contributed by atoms with Crippen molar-refractivity contribution in [3.05, 3.63) is 70.9 Å². The fourth-order valence-corrected chi connectivity index (χ4v) is 3.14. The van der Waals surface area contributed by atoms with Crippen LogP contribution in [0.4, 0.5) is 0 Å². The van der Waals surface area contributed by atoms with Crippen molar-refractivity contribution < 1.29 is 18.8 Å². The summed E-state index contributed by atoms with van der Waals surface area (Å²) in [6.45, 7) is 8.94. The van der Waals surface area contributed by atoms with Gasteiger partial charge in [-0.25, -0.2) is 4.79 Å². The van der Waals surface area contributed by atoms with Gasteiger partial charge in [0.2, 0.25) is 0 Å². The van der Waals surface area contributed by atoms with Crippen LogP contribution in [0.3, 0.4) is 0 Å². The summed E-state index contributed by atoms with van der Waals surface area (Å²) in [6.07, 6.45) is 0.941. The third kappa shape index (κ3) is 5.25. The number of rotatable bonds is 8. The fourth-order valence-electron chi connectivity index (χ4n) is 3.14. The van der Waals surface area contributed by atoms with E-state index in [1.807, 2.05) is 36.4 Å². The van der Waals surface area contributed by atoms with Crippen LogP contribution in [0.25, 0.3) is 11.3 Å². The van der Waals surface area contributed by atoms with Crippen molar-refractivity contribution in [2.75, 3.05) is 6.61 Å². The lowest BCUT2D eigenvalue weighted by Gasteiger charge is -2.15. The summed E-state index contributed by atoms with van der Waals surface area (Å²) in [5.41, 5.74) is 4.39. The number of carbonyl (C=O) groups excluding carboxylic acids is 1. The average molecular weight is 393 g/mol. The van der Waals surface area contributed by atoms with E-state index in [9.17, 15) is 4.79 Å². The first-order valence-corrected chi connectivity index (χ1v) is 9.92. The number of carbonyl (C=O) groups is 1. The Balaban J connectivity index is 1.96. The molecule has 0 amide bonds. The van der Waals surface area contributed by atoms with E-state index < -0.39 is 5.97 Å². The third-order valence-corrected chi connectivity index (χ3v) is 4.56. The maximum atomic E-state index is 12.0. The quantitative estimate of drug-likeness (QED) is 0.466. The standard InChI is InChI=1S/C24H27NO4/c1-5-27-24(26)21-14-23(29-25-21)20-13-19(11-16(2)3)17(4)12-22(20)28-15-18-9-7-6-8-10-18/h6-10,12-14,16H,5,11,15H2,1-4H3. The predicted molar refractivity (Wildman–Crippen MR) is 112 cm³/mol. The molecule has 0 N–H and O–H groups in total. The highest BCUT2D eigenvalue weighted by molar-refractivity contribution is 5.88. The smallest absolute Gasteiger partial charge is 0.360 e. The van der Waals surface area contributed by atoms with Crippen LogP contribution < -0.4 is 4.74 Å². The SMILES string of the molecule is CCOC(=O)c1cc(-c2cc(CC(C)C)c(C)cc2OCc2ccccc2)on1. The number of aromatic nitrogens is 1. The molecule has 0 fully saturated rings. The number of ether oxygens (including phenoxy) is 2. The second-order valence-electron chi connectivity index (χ2n) is 7.44. The molecule has 152 valence electrons. The van der Waals surface area contributed by atoms with Crippen molar-refractivity contribution in [3.63, 3.8) is 0 Å². The van der Waals surface area contributed by atoms with Gasteiger partial charge >= 0.3 is 5.97 Å². The van der Waals surface area contributed by atoms with E-state index in [2.05, 4.69) is 32.0 Å². The molecule has 0 radical (unpaired) electrons. The number of esters is 1. The monoisotopic (exact) mass is 393 g/mol. The molecule has 0 bridgehead atoms. The molecule has 0 atom stereocenters. The Hall–Kier alpha value is -3.08. The highest BCUT2D eigenvalue weighted by atomic mass is 16.5. The van der Waals surface area contributed by atoms with E-state index in [1.165, 1.54) is 5.56 Å². The maximum Gasteiger partial charge on any atom is 0.360 e. The normalized spacial score (nSPS) is 10.9. The first-order chi connectivity index (χ1) is 14.0. The van der Waals surface area contributed by atoms with Crippen molar-refractivity contribution in [2.24, 2.45) is 5.92 Å². The van der Waals surface area contributed by atoms with E-state index in [0.717, 1.165) is 23.1 Å². The topological polar surface area (TPSA) is 61.6 Å². The van der Waals surface area contributed by atoms with E-state index in [0.29, 0.717) is 24.0 Å². The molecule has 0 unspecified atom stereocenters. The largest absolute Gasteiger partial charge is 0.488 e. The number of nitrogens with zero attached hydrogens (tertiary/aromatic N) is 1. The van der Waals surface area contributed by atoms with Crippen LogP contribution >= 0.6 is 0 Å². The molecular formula is C24H27NO4. The molecule has 0 spiro atoms. The number of hydrogen-bond acceptors (Lipinski definition) is 5. The predicted octanol–water partition coefficient (Wildman–Crippen LogP) is 5.60. The summed E-state index contributed by atoms with van der Waals surface area (Å²) in [5.74, 6) is 1.21. The Kier molecular flexibility index (Phi) is 6.70. The molecule has 3 rings (SSSR count). The van der Waals surface area contributed by atoms with Crippen LogP contribution in [-0.4, -0.2) is 17.7 Å². The van der Waals surface area contributed by atoms with Gasteiger partial charge < -0.3 is 14.0 Å². The van der Waals surface area contributed by atoms with Crippen LogP contribution in [0.5, 0.6) is 5.75 Å². The molecule has 3 aromatic rings. The minimum absolute atomic E-state index is 0.154. The van der Waals surface area contributed by atoms with Gasteiger partial charge in [-0.05, 0) is 55.0 Å². The summed E-state index contributed by atoms with van der Waals surface area (Å²) in [6, 6.07) is 15.7. The van der Waals surface area contributed by atoms with Crippen molar-refractivity contribution in [1.82, 2.24) is 5.16 Å². The van der Waals surface area contributed by atoms with Crippen LogP contribution in [0.15, 0.2) is 53.1 Å². The van der Waals surface area contributed by atoms with Crippen molar-refractivity contribution in [1.29, 1.82) is 0 Å². The van der Waals surface area contributed by atoms with Gasteiger partial charge in [-0.2, -0.15) is 0 Å². The van der Waals surface area contributed by atoms with Crippen LogP contribution in [0.2, 0.25) is 0 Å². The second kappa shape index (κ2) is 9.41. The molecule has 0 saturated heterocycles. The lowest BCUT2D eigenvalue weighted by Crippen LogP contribution is -2.04. The van der Waals surface area contributed by atoms with E-state index in [-0.39, 0.29) is 12.3 Å². The van der Waals surface area contributed by atoms with Gasteiger partial charge in [0.25, 0.3) is 0 Å². The average Bonchev–Trinajstić information content (AvgIpc) is 3.19. The maximum absolute atomic E-state index is 12.0. The molecule has 0 aliphatic carbocycles. The summed E-state index contributed by atoms with van der Waals surface area (Å²) < 4.78 is 16.6. The summed E-state index contributed by atoms with van der Waals surface area (Å²) in [4.78, 5) is 12.0. The zero-order chi connectivity index (χ0) is 20.8. The molecule has 1 heterocycles. The Bertz CT molecular complexity index is 960. The summed E-state index contributed by atoms with van der Waals surface area (Å²) in [5, 5.41) is 3.88. The fraction of sp³-hybridized carbons (Fsp3) is 0.333. The summed E-state index contributed by atoms with van der Waals surface area (Å²) >= 11 is 0. The van der Waals surface area contributed by atoms with Gasteiger partial charge in [-0.3, -0.25) is 0 Å². The zero-order valence-corrected chi connectivity index (χ0v) is 17.4. The lowest BCUT2D eigenvalue weighted by molar-refractivity contribution is 0.0514. The molecule has 0 saturated carbocycles. The Labute approximate surface area is 171 Å². The highest BCUT2D eigenvalue weighted by Gasteiger charge is 2.19. The molecule has 1 aromatic heterocycles. The van der Waals surface area contributed by atoms with Gasteiger partial charge in [0.15, 0.2) is 11.5 Å².